The summed E-state index contributed by atoms with van der Waals surface area (Å²) in [6, 6.07) is 6.11. The zero-order valence-electron chi connectivity index (χ0n) is 10.8. The molecule has 0 bridgehead atoms. The Morgan fingerprint density at radius 1 is 1.35 bits per heavy atom. The Hall–Kier alpha value is -0.560. The summed E-state index contributed by atoms with van der Waals surface area (Å²) < 4.78 is 0. The molecule has 0 amide bonds. The third kappa shape index (κ3) is 2.49. The topological polar surface area (TPSA) is 12.9 Å². The number of hydrogen-bond acceptors (Lipinski definition) is 1. The minimum absolute atomic E-state index is 0.213. The monoisotopic (exact) mass is 251 g/mol. The summed E-state index contributed by atoms with van der Waals surface area (Å²) in [5, 5.41) is 0.213. The number of nitrogens with zero attached hydrogens (tertiary/aromatic N) is 1. The van der Waals surface area contributed by atoms with Crippen LogP contribution in [-0.4, -0.2) is 10.4 Å². The van der Waals surface area contributed by atoms with Gasteiger partial charge in [0.1, 0.15) is 0 Å². The van der Waals surface area contributed by atoms with E-state index in [-0.39, 0.29) is 5.38 Å². The highest BCUT2D eigenvalue weighted by molar-refractivity contribution is 6.21. The molecule has 1 nitrogen and oxygen atoms in total. The van der Waals surface area contributed by atoms with Gasteiger partial charge < -0.3 is 0 Å². The highest BCUT2D eigenvalue weighted by Gasteiger charge is 2.41. The van der Waals surface area contributed by atoms with Gasteiger partial charge in [0, 0.05) is 23.2 Å². The third-order valence-electron chi connectivity index (χ3n) is 4.48. The van der Waals surface area contributed by atoms with Gasteiger partial charge in [-0.15, -0.1) is 11.6 Å². The van der Waals surface area contributed by atoms with Crippen molar-refractivity contribution in [3.05, 3.63) is 30.1 Å². The van der Waals surface area contributed by atoms with Crippen molar-refractivity contribution in [2.75, 3.05) is 0 Å². The second-order valence-electron chi connectivity index (χ2n) is 5.37. The molecule has 0 aliphatic heterocycles. The lowest BCUT2D eigenvalue weighted by molar-refractivity contribution is 0.248. The van der Waals surface area contributed by atoms with Crippen molar-refractivity contribution in [3.8, 4) is 0 Å². The maximum atomic E-state index is 6.79. The summed E-state index contributed by atoms with van der Waals surface area (Å²) in [6.07, 6.45) is 8.31. The van der Waals surface area contributed by atoms with Crippen LogP contribution in [0.25, 0.3) is 0 Å². The fourth-order valence-corrected chi connectivity index (χ4v) is 3.73. The van der Waals surface area contributed by atoms with Gasteiger partial charge in [-0.1, -0.05) is 32.8 Å². The summed E-state index contributed by atoms with van der Waals surface area (Å²) in [6.45, 7) is 4.50. The highest BCUT2D eigenvalue weighted by Crippen LogP contribution is 2.49. The van der Waals surface area contributed by atoms with E-state index in [1.54, 1.807) is 0 Å². The second kappa shape index (κ2) is 5.39. The number of rotatable bonds is 4. The lowest BCUT2D eigenvalue weighted by Gasteiger charge is -2.36. The molecule has 0 saturated heterocycles. The molecular weight excluding hydrogens is 230 g/mol. The first-order valence-electron chi connectivity index (χ1n) is 6.74. The van der Waals surface area contributed by atoms with E-state index < -0.39 is 0 Å². The zero-order valence-corrected chi connectivity index (χ0v) is 11.6. The summed E-state index contributed by atoms with van der Waals surface area (Å²) in [4.78, 5) is 4.45. The number of aromatic nitrogens is 1. The van der Waals surface area contributed by atoms with Gasteiger partial charge in [-0.3, -0.25) is 4.98 Å². The zero-order chi connectivity index (χ0) is 12.3. The molecule has 0 N–H and O–H groups in total. The van der Waals surface area contributed by atoms with Crippen LogP contribution in [0.2, 0.25) is 0 Å². The van der Waals surface area contributed by atoms with Crippen LogP contribution >= 0.6 is 11.6 Å². The fraction of sp³-hybridized carbons (Fsp3) is 0.667. The third-order valence-corrected chi connectivity index (χ3v) is 5.32. The molecule has 2 atom stereocenters. The van der Waals surface area contributed by atoms with E-state index in [4.69, 9.17) is 11.6 Å². The molecule has 2 heteroatoms. The smallest absolute Gasteiger partial charge is 0.0473 e. The van der Waals surface area contributed by atoms with Gasteiger partial charge in [0.05, 0.1) is 0 Å². The molecule has 1 aliphatic rings. The Bertz CT molecular complexity index is 343. The van der Waals surface area contributed by atoms with E-state index in [1.807, 2.05) is 12.3 Å². The van der Waals surface area contributed by atoms with Crippen molar-refractivity contribution in [1.82, 2.24) is 4.98 Å². The van der Waals surface area contributed by atoms with Crippen LogP contribution in [0.5, 0.6) is 0 Å². The standard InChI is InChI=1S/C15H22ClN/c1-3-15(9-5-6-10-15)14(16)12(2)13-8-4-7-11-17-13/h4,7-8,11-12,14H,3,5-6,9-10H2,1-2H3. The van der Waals surface area contributed by atoms with E-state index in [0.29, 0.717) is 11.3 Å². The summed E-state index contributed by atoms with van der Waals surface area (Å²) in [5.74, 6) is 0.343. The molecule has 0 radical (unpaired) electrons. The lowest BCUT2D eigenvalue weighted by Crippen LogP contribution is -2.32. The average Bonchev–Trinajstić information content (AvgIpc) is 2.88. The number of halogens is 1. The Kier molecular flexibility index (Phi) is 4.09. The van der Waals surface area contributed by atoms with E-state index in [1.165, 1.54) is 32.1 Å². The van der Waals surface area contributed by atoms with Crippen LogP contribution in [0.1, 0.15) is 57.6 Å². The van der Waals surface area contributed by atoms with Crippen molar-refractivity contribution < 1.29 is 0 Å². The van der Waals surface area contributed by atoms with Gasteiger partial charge in [0.15, 0.2) is 0 Å². The van der Waals surface area contributed by atoms with Crippen molar-refractivity contribution in [3.63, 3.8) is 0 Å². The largest absolute Gasteiger partial charge is 0.261 e. The maximum Gasteiger partial charge on any atom is 0.0473 e. The van der Waals surface area contributed by atoms with E-state index >= 15 is 0 Å². The van der Waals surface area contributed by atoms with Gasteiger partial charge in [-0.2, -0.15) is 0 Å². The van der Waals surface area contributed by atoms with Crippen molar-refractivity contribution >= 4 is 11.6 Å². The summed E-state index contributed by atoms with van der Waals surface area (Å²) in [7, 11) is 0. The summed E-state index contributed by atoms with van der Waals surface area (Å²) >= 11 is 6.79. The first-order valence-corrected chi connectivity index (χ1v) is 7.18. The Balaban J connectivity index is 2.16. The molecule has 0 spiro atoms. The van der Waals surface area contributed by atoms with Gasteiger partial charge in [0.2, 0.25) is 0 Å². The molecule has 1 aromatic heterocycles. The molecule has 94 valence electrons. The minimum atomic E-state index is 0.213. The maximum absolute atomic E-state index is 6.79. The van der Waals surface area contributed by atoms with Crippen LogP contribution in [0.3, 0.4) is 0 Å². The van der Waals surface area contributed by atoms with Crippen LogP contribution in [0.4, 0.5) is 0 Å². The lowest BCUT2D eigenvalue weighted by atomic mass is 9.75. The molecule has 1 saturated carbocycles. The molecule has 2 unspecified atom stereocenters. The minimum Gasteiger partial charge on any atom is -0.261 e. The molecule has 17 heavy (non-hydrogen) atoms. The predicted octanol–water partition coefficient (Wildman–Crippen LogP) is 4.76. The molecule has 0 aromatic carbocycles. The average molecular weight is 252 g/mol. The van der Waals surface area contributed by atoms with Crippen molar-refractivity contribution in [1.29, 1.82) is 0 Å². The van der Waals surface area contributed by atoms with E-state index in [0.717, 1.165) is 5.69 Å². The van der Waals surface area contributed by atoms with Gasteiger partial charge in [-0.25, -0.2) is 0 Å². The predicted molar refractivity (Wildman–Crippen MR) is 73.5 cm³/mol. The normalized spacial score (nSPS) is 22.3. The van der Waals surface area contributed by atoms with Gasteiger partial charge in [-0.05, 0) is 36.8 Å². The molecule has 1 heterocycles. The number of hydrogen-bond donors (Lipinski definition) is 0. The van der Waals surface area contributed by atoms with Crippen LogP contribution in [0.15, 0.2) is 24.4 Å². The Morgan fingerprint density at radius 3 is 2.59 bits per heavy atom. The SMILES string of the molecule is CCC1(C(Cl)C(C)c2ccccn2)CCCC1. The number of pyridine rings is 1. The molecular formula is C15H22ClN. The Morgan fingerprint density at radius 2 is 2.06 bits per heavy atom. The summed E-state index contributed by atoms with van der Waals surface area (Å²) in [5.41, 5.74) is 1.48. The molecule has 1 aromatic rings. The number of alkyl halides is 1. The van der Waals surface area contributed by atoms with E-state index in [2.05, 4.69) is 31.0 Å². The highest BCUT2D eigenvalue weighted by atomic mass is 35.5. The quantitative estimate of drug-likeness (QED) is 0.703. The van der Waals surface area contributed by atoms with Gasteiger partial charge in [0.25, 0.3) is 0 Å². The first kappa shape index (κ1) is 12.9. The van der Waals surface area contributed by atoms with E-state index in [9.17, 15) is 0 Å². The second-order valence-corrected chi connectivity index (χ2v) is 5.84. The Labute approximate surface area is 110 Å². The fourth-order valence-electron chi connectivity index (χ4n) is 3.23. The van der Waals surface area contributed by atoms with Gasteiger partial charge >= 0.3 is 0 Å². The molecule has 1 fully saturated rings. The van der Waals surface area contributed by atoms with Crippen molar-refractivity contribution in [2.24, 2.45) is 5.41 Å². The molecule has 1 aliphatic carbocycles. The van der Waals surface area contributed by atoms with Crippen LogP contribution < -0.4 is 0 Å². The van der Waals surface area contributed by atoms with Crippen molar-refractivity contribution in [2.45, 2.75) is 57.2 Å². The first-order chi connectivity index (χ1) is 8.19. The van der Waals surface area contributed by atoms with Crippen LogP contribution in [0, 0.1) is 5.41 Å². The van der Waals surface area contributed by atoms with Crippen LogP contribution in [-0.2, 0) is 0 Å². The molecule has 2 rings (SSSR count).